The summed E-state index contributed by atoms with van der Waals surface area (Å²) in [5.74, 6) is 5.07. The fourth-order valence-electron chi connectivity index (χ4n) is 6.39. The summed E-state index contributed by atoms with van der Waals surface area (Å²) in [7, 11) is 0.437. The molecule has 2 heteroatoms. The normalized spacial score (nSPS) is 26.2. The highest BCUT2D eigenvalue weighted by Crippen LogP contribution is 2.56. The molecule has 0 N–H and O–H groups in total. The van der Waals surface area contributed by atoms with Gasteiger partial charge in [-0.05, 0) is 97.0 Å². The SMILES string of the molecule is C[C@@H](PC1CC2CCC1C2)[C]1[CH][CH][CH][C]1c1ccccc1P(c1ccccc1)c1ccccc1. The monoisotopic (exact) mass is 479 g/mol. The Balaban J connectivity index is 1.32. The van der Waals surface area contributed by atoms with Gasteiger partial charge in [0.25, 0.3) is 0 Å². The van der Waals surface area contributed by atoms with Gasteiger partial charge in [-0.3, -0.25) is 0 Å². The van der Waals surface area contributed by atoms with Gasteiger partial charge in [0, 0.05) is 5.92 Å². The van der Waals surface area contributed by atoms with E-state index in [0.29, 0.717) is 5.66 Å². The summed E-state index contributed by atoms with van der Waals surface area (Å²) in [6.45, 7) is 2.49. The standard InChI is InChI=1S/C32H33P2/c1-23(33-31-22-24-19-20-25(31)21-24)28-16-10-17-29(28)30-15-8-9-18-32(30)34(26-11-4-2-5-12-26)27-13-6-3-7-14-27/h2-18,23-25,31,33H,19-22H2,1H3/t23-,24?,25?,31?/m1/s1. The van der Waals surface area contributed by atoms with Crippen LogP contribution in [0.15, 0.2) is 84.9 Å². The molecule has 3 aliphatic rings. The maximum Gasteiger partial charge on any atom is 0.0170 e. The fraction of sp³-hybridized carbons (Fsp3) is 0.281. The largest absolute Gasteiger partial charge is 0.115 e. The van der Waals surface area contributed by atoms with E-state index in [4.69, 9.17) is 0 Å². The van der Waals surface area contributed by atoms with Crippen LogP contribution >= 0.6 is 16.5 Å². The minimum atomic E-state index is -0.618. The third-order valence-electron chi connectivity index (χ3n) is 7.98. The Bertz CT molecular complexity index is 1040. The predicted octanol–water partition coefficient (Wildman–Crippen LogP) is 6.82. The van der Waals surface area contributed by atoms with E-state index < -0.39 is 7.92 Å². The topological polar surface area (TPSA) is 0 Å². The van der Waals surface area contributed by atoms with Crippen LogP contribution in [0.2, 0.25) is 0 Å². The van der Waals surface area contributed by atoms with Crippen molar-refractivity contribution < 1.29 is 0 Å². The van der Waals surface area contributed by atoms with Crippen molar-refractivity contribution in [3.63, 3.8) is 0 Å². The average Bonchev–Trinajstić information content (AvgIpc) is 3.64. The van der Waals surface area contributed by atoms with Gasteiger partial charge in [0.1, 0.15) is 0 Å². The van der Waals surface area contributed by atoms with E-state index in [9.17, 15) is 0 Å². The van der Waals surface area contributed by atoms with Crippen LogP contribution < -0.4 is 15.9 Å². The van der Waals surface area contributed by atoms with Crippen molar-refractivity contribution in [1.82, 2.24) is 0 Å². The van der Waals surface area contributed by atoms with Gasteiger partial charge in [-0.2, -0.15) is 0 Å². The Morgan fingerprint density at radius 2 is 1.44 bits per heavy atom. The summed E-state index contributed by atoms with van der Waals surface area (Å²) in [6.07, 6.45) is 13.1. The van der Waals surface area contributed by atoms with E-state index >= 15 is 0 Å². The first-order chi connectivity index (χ1) is 16.8. The van der Waals surface area contributed by atoms with Crippen LogP contribution in [0.4, 0.5) is 0 Å². The molecule has 3 aromatic carbocycles. The third kappa shape index (κ3) is 4.54. The van der Waals surface area contributed by atoms with Crippen molar-refractivity contribution in [3.8, 4) is 0 Å². The maximum absolute atomic E-state index is 2.49. The summed E-state index contributed by atoms with van der Waals surface area (Å²) in [4.78, 5) is 0. The van der Waals surface area contributed by atoms with Crippen LogP contribution in [0, 0.1) is 42.9 Å². The molecule has 3 aromatic rings. The van der Waals surface area contributed by atoms with Gasteiger partial charge in [0.05, 0.1) is 0 Å². The summed E-state index contributed by atoms with van der Waals surface area (Å²) in [5.41, 5.74) is 3.03. The van der Waals surface area contributed by atoms with Crippen LogP contribution in [0.3, 0.4) is 0 Å². The van der Waals surface area contributed by atoms with Crippen LogP contribution in [0.1, 0.15) is 38.2 Å². The molecule has 0 aliphatic heterocycles. The zero-order chi connectivity index (χ0) is 22.9. The molecule has 5 radical (unpaired) electrons. The highest BCUT2D eigenvalue weighted by molar-refractivity contribution is 7.80. The molecule has 3 aliphatic carbocycles. The minimum Gasteiger partial charge on any atom is -0.115 e. The Morgan fingerprint density at radius 1 is 0.765 bits per heavy atom. The number of hydrogen-bond donors (Lipinski definition) is 0. The predicted molar refractivity (Wildman–Crippen MR) is 151 cm³/mol. The Kier molecular flexibility index (Phi) is 6.92. The molecule has 3 saturated carbocycles. The van der Waals surface area contributed by atoms with E-state index in [1.165, 1.54) is 53.1 Å². The summed E-state index contributed by atoms with van der Waals surface area (Å²) in [5, 5.41) is 4.31. The van der Waals surface area contributed by atoms with Crippen LogP contribution in [-0.4, -0.2) is 11.3 Å². The summed E-state index contributed by atoms with van der Waals surface area (Å²) < 4.78 is 0. The number of rotatable bonds is 7. The van der Waals surface area contributed by atoms with Gasteiger partial charge >= 0.3 is 0 Å². The van der Waals surface area contributed by atoms with Gasteiger partial charge in [-0.15, -0.1) is 8.58 Å². The lowest BCUT2D eigenvalue weighted by Crippen LogP contribution is -2.27. The fourth-order valence-corrected chi connectivity index (χ4v) is 11.0. The number of hydrogen-bond acceptors (Lipinski definition) is 0. The lowest BCUT2D eigenvalue weighted by atomic mass is 9.87. The van der Waals surface area contributed by atoms with Crippen molar-refractivity contribution in [2.24, 2.45) is 11.8 Å². The molecule has 2 bridgehead atoms. The molecule has 0 heterocycles. The zero-order valence-electron chi connectivity index (χ0n) is 19.9. The van der Waals surface area contributed by atoms with Crippen LogP contribution in [-0.2, 0) is 0 Å². The van der Waals surface area contributed by atoms with Crippen molar-refractivity contribution in [1.29, 1.82) is 0 Å². The van der Waals surface area contributed by atoms with Crippen molar-refractivity contribution in [3.05, 3.63) is 122 Å². The lowest BCUT2D eigenvalue weighted by Gasteiger charge is -2.32. The molecule has 0 spiro atoms. The van der Waals surface area contributed by atoms with E-state index in [1.54, 1.807) is 5.92 Å². The summed E-state index contributed by atoms with van der Waals surface area (Å²) in [6, 6.07) is 31.4. The average molecular weight is 480 g/mol. The second-order valence-electron chi connectivity index (χ2n) is 10.1. The van der Waals surface area contributed by atoms with Gasteiger partial charge in [0.2, 0.25) is 0 Å². The van der Waals surface area contributed by atoms with Gasteiger partial charge in [-0.1, -0.05) is 98.3 Å². The summed E-state index contributed by atoms with van der Waals surface area (Å²) >= 11 is 0. The van der Waals surface area contributed by atoms with Crippen molar-refractivity contribution >= 4 is 32.4 Å². The first-order valence-electron chi connectivity index (χ1n) is 12.8. The minimum absolute atomic E-state index is 0.618. The van der Waals surface area contributed by atoms with Crippen molar-refractivity contribution in [2.75, 3.05) is 0 Å². The van der Waals surface area contributed by atoms with Gasteiger partial charge in [-0.25, -0.2) is 0 Å². The number of benzene rings is 3. The molecule has 5 atom stereocenters. The molecule has 0 aromatic heterocycles. The van der Waals surface area contributed by atoms with Gasteiger partial charge in [0.15, 0.2) is 0 Å². The second-order valence-corrected chi connectivity index (χ2v) is 14.2. The molecule has 6 rings (SSSR count). The van der Waals surface area contributed by atoms with E-state index in [1.807, 2.05) is 0 Å². The Labute approximate surface area is 209 Å². The third-order valence-corrected chi connectivity index (χ3v) is 12.4. The highest BCUT2D eigenvalue weighted by Gasteiger charge is 2.43. The van der Waals surface area contributed by atoms with Crippen LogP contribution in [0.5, 0.6) is 0 Å². The Morgan fingerprint density at radius 3 is 2.09 bits per heavy atom. The lowest BCUT2D eigenvalue weighted by molar-refractivity contribution is 0.488. The van der Waals surface area contributed by atoms with Crippen LogP contribution in [0.25, 0.3) is 0 Å². The molecule has 34 heavy (non-hydrogen) atoms. The number of fused-ring (bicyclic) bond motifs is 2. The molecule has 4 unspecified atom stereocenters. The first-order valence-corrected chi connectivity index (χ1v) is 15.3. The Hall–Kier alpha value is -1.48. The van der Waals surface area contributed by atoms with Gasteiger partial charge < -0.3 is 0 Å². The zero-order valence-corrected chi connectivity index (χ0v) is 21.8. The van der Waals surface area contributed by atoms with E-state index in [2.05, 4.69) is 111 Å². The van der Waals surface area contributed by atoms with Crippen molar-refractivity contribution in [2.45, 2.75) is 43.9 Å². The first kappa shape index (κ1) is 23.0. The van der Waals surface area contributed by atoms with E-state index in [-0.39, 0.29) is 0 Å². The molecular formula is C32H33P2. The highest BCUT2D eigenvalue weighted by atomic mass is 31.1. The molecule has 3 fully saturated rings. The molecule has 171 valence electrons. The smallest absolute Gasteiger partial charge is 0.0170 e. The molecule has 0 amide bonds. The molecular weight excluding hydrogens is 446 g/mol. The molecule has 0 saturated heterocycles. The quantitative estimate of drug-likeness (QED) is 0.326. The van der Waals surface area contributed by atoms with E-state index in [0.717, 1.165) is 26.1 Å². The molecule has 0 nitrogen and oxygen atoms in total. The second kappa shape index (κ2) is 10.2. The maximum atomic E-state index is 2.49.